The third-order valence-electron chi connectivity index (χ3n) is 5.25. The number of benzene rings is 1. The summed E-state index contributed by atoms with van der Waals surface area (Å²) in [6.07, 6.45) is 2.96. The van der Waals surface area contributed by atoms with Crippen LogP contribution in [0.15, 0.2) is 75.5 Å². The first-order valence-corrected chi connectivity index (χ1v) is 11.3. The van der Waals surface area contributed by atoms with Gasteiger partial charge in [0.05, 0.1) is 40.2 Å². The lowest BCUT2D eigenvalue weighted by atomic mass is 9.86. The van der Waals surface area contributed by atoms with E-state index in [0.29, 0.717) is 16.5 Å². The molecule has 1 aromatic heterocycles. The Morgan fingerprint density at radius 3 is 2.76 bits per heavy atom. The van der Waals surface area contributed by atoms with E-state index in [-0.39, 0.29) is 29.4 Å². The number of dihydropyridines is 1. The van der Waals surface area contributed by atoms with E-state index in [1.807, 2.05) is 32.0 Å². The van der Waals surface area contributed by atoms with Gasteiger partial charge in [-0.25, -0.2) is 4.79 Å². The topological polar surface area (TPSA) is 104 Å². The van der Waals surface area contributed by atoms with Crippen LogP contribution < -0.4 is 10.6 Å². The summed E-state index contributed by atoms with van der Waals surface area (Å²) < 4.78 is 10.8. The molecule has 33 heavy (non-hydrogen) atoms. The van der Waals surface area contributed by atoms with Crippen molar-refractivity contribution >= 4 is 29.3 Å². The summed E-state index contributed by atoms with van der Waals surface area (Å²) in [5.41, 5.74) is 3.94. The van der Waals surface area contributed by atoms with E-state index in [9.17, 15) is 14.9 Å². The molecular formula is C25H25N3O4S. The van der Waals surface area contributed by atoms with Crippen molar-refractivity contribution in [1.29, 1.82) is 5.26 Å². The van der Waals surface area contributed by atoms with Gasteiger partial charge in [-0.1, -0.05) is 36.5 Å². The highest BCUT2D eigenvalue weighted by Gasteiger charge is 2.37. The maximum Gasteiger partial charge on any atom is 0.337 e. The van der Waals surface area contributed by atoms with Crippen LogP contribution in [-0.4, -0.2) is 24.2 Å². The van der Waals surface area contributed by atoms with E-state index in [2.05, 4.69) is 23.3 Å². The molecule has 8 heteroatoms. The van der Waals surface area contributed by atoms with Crippen LogP contribution in [0.5, 0.6) is 0 Å². The van der Waals surface area contributed by atoms with Crippen LogP contribution in [0.1, 0.15) is 29.7 Å². The van der Waals surface area contributed by atoms with Crippen LogP contribution in [0.25, 0.3) is 0 Å². The Morgan fingerprint density at radius 1 is 1.30 bits per heavy atom. The van der Waals surface area contributed by atoms with E-state index in [1.165, 1.54) is 24.1 Å². The molecule has 7 nitrogen and oxygen atoms in total. The molecule has 170 valence electrons. The Morgan fingerprint density at radius 2 is 2.09 bits per heavy atom. The predicted molar refractivity (Wildman–Crippen MR) is 128 cm³/mol. The number of carbonyl (C=O) groups excluding carboxylic acids is 2. The number of nitrogens with one attached hydrogen (secondary N) is 2. The lowest BCUT2D eigenvalue weighted by Crippen LogP contribution is -2.29. The zero-order chi connectivity index (χ0) is 24.0. The molecule has 1 aliphatic rings. The number of thioether (sulfide) groups is 1. The molecule has 0 bridgehead atoms. The first-order valence-electron chi connectivity index (χ1n) is 10.3. The molecule has 1 atom stereocenters. The summed E-state index contributed by atoms with van der Waals surface area (Å²) in [5.74, 6) is -0.989. The standard InChI is InChI=1S/C25H25N3O4S/c1-5-11-32-25(30)22-17(4)27-24(18(13-26)23(22)20-10-7-12-31-20)33-14-21(29)28-19-9-6-8-15(2)16(19)3/h5-10,12,23,27H,1,11,14H2,2-4H3,(H,28,29)/t23-/m0/s1. The minimum absolute atomic E-state index is 0.0479. The Hall–Kier alpha value is -3.70. The fourth-order valence-corrected chi connectivity index (χ4v) is 4.35. The van der Waals surface area contributed by atoms with E-state index in [4.69, 9.17) is 9.15 Å². The van der Waals surface area contributed by atoms with Gasteiger partial charge in [0.25, 0.3) is 0 Å². The van der Waals surface area contributed by atoms with Crippen molar-refractivity contribution in [3.05, 3.63) is 88.0 Å². The number of hydrogen-bond donors (Lipinski definition) is 2. The van der Waals surface area contributed by atoms with Gasteiger partial charge in [0, 0.05) is 11.4 Å². The molecule has 1 amide bonds. The monoisotopic (exact) mass is 463 g/mol. The molecule has 0 aliphatic carbocycles. The number of rotatable bonds is 8. The van der Waals surface area contributed by atoms with Crippen LogP contribution in [-0.2, 0) is 14.3 Å². The molecule has 2 aromatic rings. The highest BCUT2D eigenvalue weighted by molar-refractivity contribution is 8.03. The average molecular weight is 464 g/mol. The van der Waals surface area contributed by atoms with Crippen LogP contribution in [0.2, 0.25) is 0 Å². The Bertz CT molecular complexity index is 1170. The highest BCUT2D eigenvalue weighted by Crippen LogP contribution is 2.41. The van der Waals surface area contributed by atoms with E-state index in [0.717, 1.165) is 16.8 Å². The summed E-state index contributed by atoms with van der Waals surface area (Å²) in [6, 6.07) is 11.3. The SMILES string of the molecule is C=CCOC(=O)C1=C(C)NC(SCC(=O)Nc2cccc(C)c2C)=C(C#N)[C@H]1c1ccco1. The van der Waals surface area contributed by atoms with Gasteiger partial charge in [0.2, 0.25) is 5.91 Å². The minimum Gasteiger partial charge on any atom is -0.468 e. The second kappa shape index (κ2) is 10.7. The number of aryl methyl sites for hydroxylation is 1. The fourth-order valence-electron chi connectivity index (χ4n) is 3.46. The number of hydrogen-bond acceptors (Lipinski definition) is 7. The second-order valence-corrected chi connectivity index (χ2v) is 8.42. The summed E-state index contributed by atoms with van der Waals surface area (Å²) in [6.45, 7) is 9.27. The lowest BCUT2D eigenvalue weighted by molar-refractivity contribution is -0.138. The molecule has 0 radical (unpaired) electrons. The maximum absolute atomic E-state index is 12.8. The van der Waals surface area contributed by atoms with E-state index < -0.39 is 11.9 Å². The zero-order valence-corrected chi connectivity index (χ0v) is 19.5. The van der Waals surface area contributed by atoms with E-state index >= 15 is 0 Å². The predicted octanol–water partition coefficient (Wildman–Crippen LogP) is 4.69. The number of furan rings is 1. The van der Waals surface area contributed by atoms with Gasteiger partial charge in [0.1, 0.15) is 12.4 Å². The summed E-state index contributed by atoms with van der Waals surface area (Å²) in [7, 11) is 0. The molecule has 0 saturated heterocycles. The van der Waals surface area contributed by atoms with Crippen molar-refractivity contribution in [3.63, 3.8) is 0 Å². The van der Waals surface area contributed by atoms with Gasteiger partial charge in [-0.15, -0.1) is 0 Å². The van der Waals surface area contributed by atoms with Crippen molar-refractivity contribution in [2.24, 2.45) is 0 Å². The summed E-state index contributed by atoms with van der Waals surface area (Å²) in [4.78, 5) is 25.4. The van der Waals surface area contributed by atoms with Gasteiger partial charge < -0.3 is 19.8 Å². The number of allylic oxidation sites excluding steroid dienone is 2. The third kappa shape index (κ3) is 5.38. The number of carbonyl (C=O) groups is 2. The molecule has 1 aromatic carbocycles. The van der Waals surface area contributed by atoms with Crippen LogP contribution in [0.4, 0.5) is 5.69 Å². The number of esters is 1. The molecule has 2 N–H and O–H groups in total. The third-order valence-corrected chi connectivity index (χ3v) is 6.27. The van der Waals surface area contributed by atoms with Gasteiger partial charge in [-0.2, -0.15) is 5.26 Å². The Kier molecular flexibility index (Phi) is 7.80. The maximum atomic E-state index is 12.8. The lowest BCUT2D eigenvalue weighted by Gasteiger charge is -2.27. The first kappa shape index (κ1) is 24.0. The van der Waals surface area contributed by atoms with Crippen molar-refractivity contribution in [3.8, 4) is 6.07 Å². The molecule has 1 aliphatic heterocycles. The van der Waals surface area contributed by atoms with Crippen molar-refractivity contribution in [2.45, 2.75) is 26.7 Å². The largest absolute Gasteiger partial charge is 0.468 e. The van der Waals surface area contributed by atoms with Crippen molar-refractivity contribution in [1.82, 2.24) is 5.32 Å². The van der Waals surface area contributed by atoms with Crippen molar-refractivity contribution in [2.75, 3.05) is 17.7 Å². The van der Waals surface area contributed by atoms with Gasteiger partial charge in [-0.3, -0.25) is 4.79 Å². The smallest absolute Gasteiger partial charge is 0.337 e. The average Bonchev–Trinajstić information content (AvgIpc) is 3.33. The minimum atomic E-state index is -0.742. The van der Waals surface area contributed by atoms with Gasteiger partial charge >= 0.3 is 5.97 Å². The number of nitrogens with zero attached hydrogens (tertiary/aromatic N) is 1. The summed E-state index contributed by atoms with van der Waals surface area (Å²) in [5, 5.41) is 16.5. The fraction of sp³-hybridized carbons (Fsp3) is 0.240. The molecule has 0 unspecified atom stereocenters. The summed E-state index contributed by atoms with van der Waals surface area (Å²) >= 11 is 1.19. The number of anilines is 1. The number of amides is 1. The van der Waals surface area contributed by atoms with E-state index in [1.54, 1.807) is 19.1 Å². The molecule has 0 saturated carbocycles. The first-order chi connectivity index (χ1) is 15.9. The quantitative estimate of drug-likeness (QED) is 0.432. The van der Waals surface area contributed by atoms with Gasteiger partial charge in [-0.05, 0) is 50.1 Å². The van der Waals surface area contributed by atoms with Gasteiger partial charge in [0.15, 0.2) is 0 Å². The van der Waals surface area contributed by atoms with Crippen molar-refractivity contribution < 1.29 is 18.7 Å². The second-order valence-electron chi connectivity index (χ2n) is 7.44. The molecule has 0 spiro atoms. The Balaban J connectivity index is 1.85. The number of ether oxygens (including phenoxy) is 1. The van der Waals surface area contributed by atoms with Crippen LogP contribution in [0, 0.1) is 25.2 Å². The molecule has 2 heterocycles. The number of nitriles is 1. The van der Waals surface area contributed by atoms with Crippen LogP contribution >= 0.6 is 11.8 Å². The normalized spacial score (nSPS) is 15.5. The van der Waals surface area contributed by atoms with Crippen LogP contribution in [0.3, 0.4) is 0 Å². The molecular weight excluding hydrogens is 438 g/mol. The molecule has 0 fully saturated rings. The highest BCUT2D eigenvalue weighted by atomic mass is 32.2. The molecule has 3 rings (SSSR count). The zero-order valence-electron chi connectivity index (χ0n) is 18.7. The Labute approximate surface area is 197 Å².